The summed E-state index contributed by atoms with van der Waals surface area (Å²) in [5.74, 6) is 0. The van der Waals surface area contributed by atoms with Crippen LogP contribution in [0, 0.1) is 13.8 Å². The van der Waals surface area contributed by atoms with E-state index in [9.17, 15) is 5.11 Å². The molecule has 3 heterocycles. The van der Waals surface area contributed by atoms with E-state index < -0.39 is 6.10 Å². The number of aryl methyl sites for hydroxylation is 3. The van der Waals surface area contributed by atoms with Crippen LogP contribution in [-0.4, -0.2) is 53.8 Å². The number of aromatic nitrogens is 1. The number of hydrogen-bond donors (Lipinski definition) is 1. The van der Waals surface area contributed by atoms with Crippen LogP contribution < -0.4 is 4.90 Å². The Morgan fingerprint density at radius 2 is 2.23 bits per heavy atom. The van der Waals surface area contributed by atoms with Gasteiger partial charge < -0.3 is 19.6 Å². The third-order valence-corrected chi connectivity index (χ3v) is 5.84. The van der Waals surface area contributed by atoms with Crippen LogP contribution in [0.3, 0.4) is 0 Å². The first-order chi connectivity index (χ1) is 14.5. The molecule has 6 heteroatoms. The quantitative estimate of drug-likeness (QED) is 0.398. The number of fused-ring (bicyclic) bond motifs is 1. The molecule has 0 fully saturated rings. The number of anilines is 1. The van der Waals surface area contributed by atoms with Crippen LogP contribution in [0.2, 0.25) is 0 Å². The molecule has 1 aromatic rings. The van der Waals surface area contributed by atoms with E-state index in [1.54, 1.807) is 0 Å². The Morgan fingerprint density at radius 3 is 3.00 bits per heavy atom. The molecule has 0 saturated carbocycles. The highest BCUT2D eigenvalue weighted by atomic mass is 16.7. The molecule has 2 aliphatic heterocycles. The van der Waals surface area contributed by atoms with Gasteiger partial charge >= 0.3 is 0 Å². The van der Waals surface area contributed by atoms with E-state index in [1.165, 1.54) is 29.8 Å². The Morgan fingerprint density at radius 1 is 1.40 bits per heavy atom. The summed E-state index contributed by atoms with van der Waals surface area (Å²) >= 11 is 0. The number of oxime groups is 1. The zero-order valence-electron chi connectivity index (χ0n) is 18.5. The van der Waals surface area contributed by atoms with Gasteiger partial charge in [0.1, 0.15) is 6.10 Å². The molecule has 0 spiro atoms. The number of aliphatic hydroxyl groups is 1. The van der Waals surface area contributed by atoms with Crippen LogP contribution >= 0.6 is 0 Å². The van der Waals surface area contributed by atoms with Crippen molar-refractivity contribution in [1.82, 2.24) is 4.98 Å². The molecule has 0 amide bonds. The number of aliphatic hydroxyl groups excluding tert-OH is 1. The van der Waals surface area contributed by atoms with E-state index in [0.29, 0.717) is 6.42 Å². The Balaban J connectivity index is 1.60. The van der Waals surface area contributed by atoms with Crippen LogP contribution in [0.4, 0.5) is 5.69 Å². The monoisotopic (exact) mass is 413 g/mol. The number of hydrogen-bond acceptors (Lipinski definition) is 6. The summed E-state index contributed by atoms with van der Waals surface area (Å²) in [5.41, 5.74) is 5.77. The van der Waals surface area contributed by atoms with Crippen LogP contribution in [0.15, 0.2) is 36.0 Å². The zero-order chi connectivity index (χ0) is 21.5. The average molecular weight is 414 g/mol. The van der Waals surface area contributed by atoms with E-state index in [0.717, 1.165) is 37.3 Å². The molecule has 3 rings (SSSR count). The summed E-state index contributed by atoms with van der Waals surface area (Å²) in [4.78, 5) is 13.0. The van der Waals surface area contributed by atoms with Gasteiger partial charge in [0.2, 0.25) is 0 Å². The topological polar surface area (TPSA) is 67.2 Å². The van der Waals surface area contributed by atoms with Crippen molar-refractivity contribution in [3.8, 4) is 0 Å². The Kier molecular flexibility index (Phi) is 8.05. The summed E-state index contributed by atoms with van der Waals surface area (Å²) in [5, 5.41) is 13.9. The fraction of sp³-hybridized carbons (Fsp3) is 0.583. The molecule has 1 N–H and O–H groups in total. The smallest absolute Gasteiger partial charge is 0.174 e. The van der Waals surface area contributed by atoms with Gasteiger partial charge in [-0.05, 0) is 64.2 Å². The summed E-state index contributed by atoms with van der Waals surface area (Å²) in [6.07, 6.45) is 9.78. The summed E-state index contributed by atoms with van der Waals surface area (Å²) in [7, 11) is 0. The molecule has 0 aromatic carbocycles. The molecule has 0 bridgehead atoms. The average Bonchev–Trinajstić information content (AvgIpc) is 2.93. The SMILES string of the molecule is C=CC[C@@H]1C=C[C@H](O/N=C(\C)CCN2CCCCc3nc(C)c(C)cc32)[C@H](CO)O1. The minimum Gasteiger partial charge on any atom is -0.394 e. The molecule has 3 atom stereocenters. The summed E-state index contributed by atoms with van der Waals surface area (Å²) in [6.45, 7) is 11.8. The predicted octanol–water partition coefficient (Wildman–Crippen LogP) is 3.88. The molecule has 0 unspecified atom stereocenters. The van der Waals surface area contributed by atoms with Crippen molar-refractivity contribution in [2.24, 2.45) is 5.16 Å². The normalized spacial score (nSPS) is 24.3. The number of ether oxygens (including phenoxy) is 1. The summed E-state index contributed by atoms with van der Waals surface area (Å²) < 4.78 is 5.83. The van der Waals surface area contributed by atoms with E-state index in [-0.39, 0.29) is 18.8 Å². The van der Waals surface area contributed by atoms with Gasteiger partial charge in [0.15, 0.2) is 6.10 Å². The van der Waals surface area contributed by atoms with Gasteiger partial charge in [-0.25, -0.2) is 0 Å². The van der Waals surface area contributed by atoms with E-state index in [4.69, 9.17) is 14.6 Å². The van der Waals surface area contributed by atoms with Crippen molar-refractivity contribution in [2.45, 2.75) is 71.2 Å². The second kappa shape index (κ2) is 10.7. The fourth-order valence-corrected chi connectivity index (χ4v) is 3.89. The lowest BCUT2D eigenvalue weighted by Gasteiger charge is -2.29. The minimum absolute atomic E-state index is 0.0617. The van der Waals surface area contributed by atoms with E-state index in [2.05, 4.69) is 36.5 Å². The Hall–Kier alpha value is -2.18. The van der Waals surface area contributed by atoms with Gasteiger partial charge in [-0.2, -0.15) is 0 Å². The molecule has 6 nitrogen and oxygen atoms in total. The highest BCUT2D eigenvalue weighted by molar-refractivity contribution is 5.82. The fourth-order valence-electron chi connectivity index (χ4n) is 3.89. The van der Waals surface area contributed by atoms with Gasteiger partial charge in [-0.15, -0.1) is 6.58 Å². The molecule has 2 aliphatic rings. The van der Waals surface area contributed by atoms with Crippen molar-refractivity contribution < 1.29 is 14.7 Å². The maximum absolute atomic E-state index is 9.62. The Labute approximate surface area is 180 Å². The van der Waals surface area contributed by atoms with Gasteiger partial charge in [-0.1, -0.05) is 17.3 Å². The zero-order valence-corrected chi connectivity index (χ0v) is 18.5. The first kappa shape index (κ1) is 22.5. The lowest BCUT2D eigenvalue weighted by molar-refractivity contribution is -0.1000. The third kappa shape index (κ3) is 5.70. The van der Waals surface area contributed by atoms with Crippen molar-refractivity contribution in [1.29, 1.82) is 0 Å². The predicted molar refractivity (Wildman–Crippen MR) is 121 cm³/mol. The van der Waals surface area contributed by atoms with Crippen LogP contribution in [-0.2, 0) is 16.0 Å². The molecule has 164 valence electrons. The van der Waals surface area contributed by atoms with Crippen LogP contribution in [0.1, 0.15) is 49.6 Å². The van der Waals surface area contributed by atoms with Crippen molar-refractivity contribution in [3.63, 3.8) is 0 Å². The lowest BCUT2D eigenvalue weighted by atomic mass is 10.1. The number of pyridine rings is 1. The highest BCUT2D eigenvalue weighted by Crippen LogP contribution is 2.27. The van der Waals surface area contributed by atoms with Crippen molar-refractivity contribution in [2.75, 3.05) is 24.6 Å². The highest BCUT2D eigenvalue weighted by Gasteiger charge is 2.28. The van der Waals surface area contributed by atoms with Gasteiger partial charge in [0.05, 0.1) is 29.8 Å². The molecular weight excluding hydrogens is 378 g/mol. The van der Waals surface area contributed by atoms with E-state index >= 15 is 0 Å². The second-order valence-corrected chi connectivity index (χ2v) is 8.25. The van der Waals surface area contributed by atoms with Crippen molar-refractivity contribution >= 4 is 11.4 Å². The van der Waals surface area contributed by atoms with Gasteiger partial charge in [-0.3, -0.25) is 4.98 Å². The molecule has 0 saturated heterocycles. The lowest BCUT2D eigenvalue weighted by Crippen LogP contribution is -2.38. The number of nitrogens with zero attached hydrogens (tertiary/aromatic N) is 3. The van der Waals surface area contributed by atoms with E-state index in [1.807, 2.05) is 25.2 Å². The standard InChI is InChI=1S/C24H35N3O3/c1-5-8-20-10-11-23(24(16-28)29-20)30-26-18(3)12-14-27-13-7-6-9-21-22(27)15-17(2)19(4)25-21/h5,10-11,15,20,23-24,28H,1,6-9,12-14,16H2,2-4H3/b26-18+/t20-,23+,24+/m1/s1. The Bertz CT molecular complexity index is 790. The molecule has 30 heavy (non-hydrogen) atoms. The third-order valence-electron chi connectivity index (χ3n) is 5.84. The number of rotatable bonds is 8. The molecule has 0 aliphatic carbocycles. The van der Waals surface area contributed by atoms with Crippen LogP contribution in [0.5, 0.6) is 0 Å². The largest absolute Gasteiger partial charge is 0.394 e. The van der Waals surface area contributed by atoms with Crippen LogP contribution in [0.25, 0.3) is 0 Å². The maximum Gasteiger partial charge on any atom is 0.174 e. The first-order valence-corrected chi connectivity index (χ1v) is 11.0. The molecular formula is C24H35N3O3. The molecule has 1 aromatic heterocycles. The first-order valence-electron chi connectivity index (χ1n) is 11.0. The minimum atomic E-state index is -0.411. The molecule has 0 radical (unpaired) electrons. The van der Waals surface area contributed by atoms with Gasteiger partial charge in [0, 0.05) is 25.2 Å². The second-order valence-electron chi connectivity index (χ2n) is 8.25. The maximum atomic E-state index is 9.62. The van der Waals surface area contributed by atoms with Gasteiger partial charge in [0.25, 0.3) is 0 Å². The summed E-state index contributed by atoms with van der Waals surface area (Å²) in [6, 6.07) is 2.28. The van der Waals surface area contributed by atoms with Crippen molar-refractivity contribution in [3.05, 3.63) is 47.8 Å².